The van der Waals surface area contributed by atoms with E-state index < -0.39 is 0 Å². The first-order valence-corrected chi connectivity index (χ1v) is 6.97. The minimum atomic E-state index is 0.437. The van der Waals surface area contributed by atoms with Gasteiger partial charge in [-0.05, 0) is 31.9 Å². The summed E-state index contributed by atoms with van der Waals surface area (Å²) in [5.74, 6) is 2.44. The van der Waals surface area contributed by atoms with E-state index in [-0.39, 0.29) is 0 Å². The van der Waals surface area contributed by atoms with E-state index in [1.807, 2.05) is 11.8 Å². The Kier molecular flexibility index (Phi) is 5.90. The summed E-state index contributed by atoms with van der Waals surface area (Å²) in [6.45, 7) is 4.50. The molecule has 3 heteroatoms. The average Bonchev–Trinajstić information content (AvgIpc) is 2.15. The summed E-state index contributed by atoms with van der Waals surface area (Å²) in [4.78, 5) is 0. The van der Waals surface area contributed by atoms with Gasteiger partial charge in [0, 0.05) is 23.9 Å². The largest absolute Gasteiger partial charge is 0.328 e. The van der Waals surface area contributed by atoms with Crippen molar-refractivity contribution in [2.24, 2.45) is 5.73 Å². The third-order valence-electron chi connectivity index (χ3n) is 2.81. The molecule has 0 spiro atoms. The first-order chi connectivity index (χ1) is 6.72. The molecule has 1 aliphatic carbocycles. The summed E-state index contributed by atoms with van der Waals surface area (Å²) in [6, 6.07) is 1.74. The van der Waals surface area contributed by atoms with E-state index >= 15 is 0 Å². The van der Waals surface area contributed by atoms with Crippen LogP contribution < -0.4 is 11.1 Å². The number of nitrogens with two attached hydrogens (primary N) is 1. The molecule has 0 bridgehead atoms. The van der Waals surface area contributed by atoms with Crippen LogP contribution in [-0.4, -0.2) is 29.6 Å². The second-order valence-electron chi connectivity index (χ2n) is 4.35. The van der Waals surface area contributed by atoms with Gasteiger partial charge in [0.25, 0.3) is 0 Å². The quantitative estimate of drug-likeness (QED) is 0.738. The lowest BCUT2D eigenvalue weighted by Gasteiger charge is -2.30. The molecule has 84 valence electrons. The van der Waals surface area contributed by atoms with Gasteiger partial charge in [-0.3, -0.25) is 0 Å². The Bertz CT molecular complexity index is 152. The molecule has 3 atom stereocenters. The lowest BCUT2D eigenvalue weighted by atomic mass is 9.91. The smallest absolute Gasteiger partial charge is 0.0132 e. The van der Waals surface area contributed by atoms with Crippen LogP contribution in [0.5, 0.6) is 0 Å². The summed E-state index contributed by atoms with van der Waals surface area (Å²) in [6.07, 6.45) is 5.00. The van der Waals surface area contributed by atoms with Crippen LogP contribution in [0, 0.1) is 0 Å². The highest BCUT2D eigenvalue weighted by atomic mass is 32.2. The Morgan fingerprint density at radius 2 is 2.29 bits per heavy atom. The highest BCUT2D eigenvalue weighted by molar-refractivity contribution is 7.99. The third kappa shape index (κ3) is 4.67. The predicted molar refractivity (Wildman–Crippen MR) is 65.8 cm³/mol. The van der Waals surface area contributed by atoms with Crippen molar-refractivity contribution in [3.63, 3.8) is 0 Å². The normalized spacial score (nSPS) is 30.2. The van der Waals surface area contributed by atoms with E-state index in [2.05, 4.69) is 19.2 Å². The van der Waals surface area contributed by atoms with Gasteiger partial charge in [0.05, 0.1) is 0 Å². The average molecular weight is 216 g/mol. The Hall–Kier alpha value is 0.270. The minimum Gasteiger partial charge on any atom is -0.328 e. The van der Waals surface area contributed by atoms with Gasteiger partial charge in [0.2, 0.25) is 0 Å². The van der Waals surface area contributed by atoms with Gasteiger partial charge in [0.15, 0.2) is 0 Å². The van der Waals surface area contributed by atoms with Gasteiger partial charge in [-0.15, -0.1) is 0 Å². The maximum Gasteiger partial charge on any atom is 0.0132 e. The van der Waals surface area contributed by atoms with Crippen LogP contribution in [0.1, 0.15) is 39.5 Å². The zero-order chi connectivity index (χ0) is 10.4. The first-order valence-electron chi connectivity index (χ1n) is 5.81. The summed E-state index contributed by atoms with van der Waals surface area (Å²) < 4.78 is 0. The third-order valence-corrected chi connectivity index (χ3v) is 3.95. The van der Waals surface area contributed by atoms with E-state index in [0.29, 0.717) is 18.1 Å². The van der Waals surface area contributed by atoms with Gasteiger partial charge < -0.3 is 11.1 Å². The van der Waals surface area contributed by atoms with Gasteiger partial charge >= 0.3 is 0 Å². The van der Waals surface area contributed by atoms with Crippen molar-refractivity contribution in [2.45, 2.75) is 57.7 Å². The Labute approximate surface area is 92.4 Å². The molecule has 1 aliphatic rings. The second kappa shape index (κ2) is 6.70. The van der Waals surface area contributed by atoms with Crippen molar-refractivity contribution in [3.8, 4) is 0 Å². The van der Waals surface area contributed by atoms with Gasteiger partial charge in [-0.1, -0.05) is 13.3 Å². The molecule has 0 heterocycles. The molecule has 0 aromatic carbocycles. The van der Waals surface area contributed by atoms with E-state index in [9.17, 15) is 0 Å². The Morgan fingerprint density at radius 3 is 2.93 bits per heavy atom. The monoisotopic (exact) mass is 216 g/mol. The number of thioether (sulfide) groups is 1. The van der Waals surface area contributed by atoms with Crippen LogP contribution in [0.25, 0.3) is 0 Å². The molecule has 1 fully saturated rings. The van der Waals surface area contributed by atoms with Crippen LogP contribution in [-0.2, 0) is 0 Å². The van der Waals surface area contributed by atoms with Gasteiger partial charge in [0.1, 0.15) is 0 Å². The van der Waals surface area contributed by atoms with E-state index in [4.69, 9.17) is 5.73 Å². The molecule has 14 heavy (non-hydrogen) atoms. The molecule has 0 aliphatic heterocycles. The van der Waals surface area contributed by atoms with Gasteiger partial charge in [-0.2, -0.15) is 11.8 Å². The molecule has 0 radical (unpaired) electrons. The first kappa shape index (κ1) is 12.3. The topological polar surface area (TPSA) is 38.0 Å². The van der Waals surface area contributed by atoms with Crippen LogP contribution in [0.3, 0.4) is 0 Å². The standard InChI is InChI=1S/C11H24N2S/c1-3-14-8-9(2)13-11-6-4-5-10(12)7-11/h9-11,13H,3-8,12H2,1-2H3. The lowest BCUT2D eigenvalue weighted by Crippen LogP contribution is -2.44. The van der Waals surface area contributed by atoms with Crippen molar-refractivity contribution in [2.75, 3.05) is 11.5 Å². The lowest BCUT2D eigenvalue weighted by molar-refractivity contribution is 0.324. The van der Waals surface area contributed by atoms with Crippen LogP contribution >= 0.6 is 11.8 Å². The van der Waals surface area contributed by atoms with E-state index in [0.717, 1.165) is 0 Å². The molecular weight excluding hydrogens is 192 g/mol. The fraction of sp³-hybridized carbons (Fsp3) is 1.00. The minimum absolute atomic E-state index is 0.437. The zero-order valence-corrected chi connectivity index (χ0v) is 10.3. The second-order valence-corrected chi connectivity index (χ2v) is 5.67. The summed E-state index contributed by atoms with van der Waals surface area (Å²) in [5.41, 5.74) is 5.96. The molecule has 3 N–H and O–H groups in total. The van der Waals surface area contributed by atoms with Crippen molar-refractivity contribution >= 4 is 11.8 Å². The predicted octanol–water partition coefficient (Wildman–Crippen LogP) is 1.99. The van der Waals surface area contributed by atoms with Crippen molar-refractivity contribution < 1.29 is 0 Å². The van der Waals surface area contributed by atoms with E-state index in [1.165, 1.54) is 37.2 Å². The summed E-state index contributed by atoms with van der Waals surface area (Å²) >= 11 is 2.01. The number of nitrogens with one attached hydrogen (secondary N) is 1. The summed E-state index contributed by atoms with van der Waals surface area (Å²) in [7, 11) is 0. The Morgan fingerprint density at radius 1 is 1.50 bits per heavy atom. The highest BCUT2D eigenvalue weighted by Crippen LogP contribution is 2.17. The molecule has 3 unspecified atom stereocenters. The number of hydrogen-bond acceptors (Lipinski definition) is 3. The molecule has 0 amide bonds. The molecule has 0 aromatic rings. The summed E-state index contributed by atoms with van der Waals surface area (Å²) in [5, 5.41) is 3.68. The van der Waals surface area contributed by atoms with Gasteiger partial charge in [-0.25, -0.2) is 0 Å². The molecule has 2 nitrogen and oxygen atoms in total. The molecule has 0 saturated heterocycles. The van der Waals surface area contributed by atoms with E-state index in [1.54, 1.807) is 0 Å². The molecule has 1 rings (SSSR count). The number of hydrogen-bond donors (Lipinski definition) is 2. The molecule has 0 aromatic heterocycles. The highest BCUT2D eigenvalue weighted by Gasteiger charge is 2.19. The molecular formula is C11H24N2S. The molecule has 1 saturated carbocycles. The maximum atomic E-state index is 5.96. The van der Waals surface area contributed by atoms with Crippen LogP contribution in [0.2, 0.25) is 0 Å². The number of rotatable bonds is 5. The zero-order valence-electron chi connectivity index (χ0n) is 9.46. The fourth-order valence-electron chi connectivity index (χ4n) is 2.12. The van der Waals surface area contributed by atoms with Crippen LogP contribution in [0.15, 0.2) is 0 Å². The fourth-order valence-corrected chi connectivity index (χ4v) is 2.81. The maximum absolute atomic E-state index is 5.96. The van der Waals surface area contributed by atoms with Crippen molar-refractivity contribution in [1.82, 2.24) is 5.32 Å². The van der Waals surface area contributed by atoms with Crippen molar-refractivity contribution in [1.29, 1.82) is 0 Å². The Balaban J connectivity index is 2.15. The SMILES string of the molecule is CCSCC(C)NC1CCCC(N)C1. The van der Waals surface area contributed by atoms with Crippen LogP contribution in [0.4, 0.5) is 0 Å². The van der Waals surface area contributed by atoms with Crippen molar-refractivity contribution in [3.05, 3.63) is 0 Å².